The number of likely N-dealkylation sites (tertiary alicyclic amines) is 1. The van der Waals surface area contributed by atoms with Gasteiger partial charge in [0.1, 0.15) is 11.3 Å². The molecule has 1 aromatic heterocycles. The molecule has 2 aliphatic rings. The number of hydrogen-bond acceptors (Lipinski definition) is 4. The van der Waals surface area contributed by atoms with Crippen LogP contribution in [-0.4, -0.2) is 41.6 Å². The molecular formula is C19H31N3O2. The predicted molar refractivity (Wildman–Crippen MR) is 94.1 cm³/mol. The SMILES string of the molecule is CCc1noc(C)c1C(=O)N[C@@H]1CCCN(CC2CCCCC2)C1. The van der Waals surface area contributed by atoms with Crippen molar-refractivity contribution < 1.29 is 9.32 Å². The topological polar surface area (TPSA) is 58.4 Å². The minimum Gasteiger partial charge on any atom is -0.361 e. The molecule has 0 unspecified atom stereocenters. The maximum atomic E-state index is 12.6. The normalized spacial score (nSPS) is 23.3. The Morgan fingerprint density at radius 2 is 2.04 bits per heavy atom. The molecule has 0 bridgehead atoms. The van der Waals surface area contributed by atoms with Crippen LogP contribution in [0.25, 0.3) is 0 Å². The highest BCUT2D eigenvalue weighted by molar-refractivity contribution is 5.96. The number of aryl methyl sites for hydroxylation is 2. The molecule has 0 spiro atoms. The maximum Gasteiger partial charge on any atom is 0.257 e. The Labute approximate surface area is 145 Å². The Hall–Kier alpha value is -1.36. The van der Waals surface area contributed by atoms with Gasteiger partial charge in [-0.15, -0.1) is 0 Å². The van der Waals surface area contributed by atoms with Gasteiger partial charge in [-0.2, -0.15) is 0 Å². The lowest BCUT2D eigenvalue weighted by Crippen LogP contribution is -2.49. The number of nitrogens with zero attached hydrogens (tertiary/aromatic N) is 2. The third kappa shape index (κ3) is 4.18. The van der Waals surface area contributed by atoms with Crippen LogP contribution in [0.1, 0.15) is 73.7 Å². The molecule has 134 valence electrons. The van der Waals surface area contributed by atoms with Gasteiger partial charge in [-0.25, -0.2) is 0 Å². The fourth-order valence-corrected chi connectivity index (χ4v) is 4.28. The van der Waals surface area contributed by atoms with Crippen molar-refractivity contribution in [3.63, 3.8) is 0 Å². The Morgan fingerprint density at radius 3 is 2.79 bits per heavy atom. The van der Waals surface area contributed by atoms with Crippen molar-refractivity contribution in [1.29, 1.82) is 0 Å². The molecule has 3 rings (SSSR count). The van der Waals surface area contributed by atoms with Gasteiger partial charge in [0.15, 0.2) is 0 Å². The molecule has 0 aromatic carbocycles. The van der Waals surface area contributed by atoms with Crippen molar-refractivity contribution in [3.8, 4) is 0 Å². The largest absolute Gasteiger partial charge is 0.361 e. The summed E-state index contributed by atoms with van der Waals surface area (Å²) < 4.78 is 5.20. The number of carbonyl (C=O) groups is 1. The summed E-state index contributed by atoms with van der Waals surface area (Å²) in [6.45, 7) is 7.18. The quantitative estimate of drug-likeness (QED) is 0.898. The first-order chi connectivity index (χ1) is 11.7. The van der Waals surface area contributed by atoms with Gasteiger partial charge < -0.3 is 14.7 Å². The summed E-state index contributed by atoms with van der Waals surface area (Å²) >= 11 is 0. The zero-order chi connectivity index (χ0) is 16.9. The van der Waals surface area contributed by atoms with Gasteiger partial charge in [0.25, 0.3) is 5.91 Å². The number of aromatic nitrogens is 1. The summed E-state index contributed by atoms with van der Waals surface area (Å²) in [5, 5.41) is 7.22. The van der Waals surface area contributed by atoms with E-state index < -0.39 is 0 Å². The molecule has 1 aliphatic heterocycles. The van der Waals surface area contributed by atoms with E-state index in [9.17, 15) is 4.79 Å². The van der Waals surface area contributed by atoms with Crippen molar-refractivity contribution in [1.82, 2.24) is 15.4 Å². The number of hydrogen-bond donors (Lipinski definition) is 1. The van der Waals surface area contributed by atoms with Gasteiger partial charge in [0, 0.05) is 19.1 Å². The zero-order valence-corrected chi connectivity index (χ0v) is 15.1. The highest BCUT2D eigenvalue weighted by atomic mass is 16.5. The standard InChI is InChI=1S/C19H31N3O2/c1-3-17-18(14(2)24-21-17)19(23)20-16-10-7-11-22(13-16)12-15-8-5-4-6-9-15/h15-16H,3-13H2,1-2H3,(H,20,23)/t16-/m1/s1. The first kappa shape index (κ1) is 17.5. The second-order valence-corrected chi connectivity index (χ2v) is 7.49. The minimum absolute atomic E-state index is 0.0184. The van der Waals surface area contributed by atoms with E-state index in [4.69, 9.17) is 4.52 Å². The van der Waals surface area contributed by atoms with Gasteiger partial charge in [0.2, 0.25) is 0 Å². The van der Waals surface area contributed by atoms with E-state index in [-0.39, 0.29) is 11.9 Å². The molecule has 1 N–H and O–H groups in total. The van der Waals surface area contributed by atoms with Crippen LogP contribution in [0.2, 0.25) is 0 Å². The molecule has 0 radical (unpaired) electrons. The summed E-state index contributed by atoms with van der Waals surface area (Å²) in [4.78, 5) is 15.2. The monoisotopic (exact) mass is 333 g/mol. The molecule has 1 aliphatic carbocycles. The van der Waals surface area contributed by atoms with Gasteiger partial charge in [-0.3, -0.25) is 4.79 Å². The van der Waals surface area contributed by atoms with Gasteiger partial charge in [-0.1, -0.05) is 31.3 Å². The number of amides is 1. The number of nitrogens with one attached hydrogen (secondary N) is 1. The molecule has 1 atom stereocenters. The van der Waals surface area contributed by atoms with Gasteiger partial charge in [0.05, 0.1) is 5.69 Å². The van der Waals surface area contributed by atoms with E-state index in [1.54, 1.807) is 0 Å². The average Bonchev–Trinajstić information content (AvgIpc) is 2.97. The lowest BCUT2D eigenvalue weighted by molar-refractivity contribution is 0.0887. The zero-order valence-electron chi connectivity index (χ0n) is 15.1. The highest BCUT2D eigenvalue weighted by Crippen LogP contribution is 2.25. The van der Waals surface area contributed by atoms with Crippen molar-refractivity contribution >= 4 is 5.91 Å². The fraction of sp³-hybridized carbons (Fsp3) is 0.789. The van der Waals surface area contributed by atoms with Crippen LogP contribution in [-0.2, 0) is 6.42 Å². The Balaban J connectivity index is 1.54. The Kier molecular flexibility index (Phi) is 5.93. The summed E-state index contributed by atoms with van der Waals surface area (Å²) in [5.74, 6) is 1.47. The minimum atomic E-state index is -0.0184. The highest BCUT2D eigenvalue weighted by Gasteiger charge is 2.26. The van der Waals surface area contributed by atoms with E-state index >= 15 is 0 Å². The summed E-state index contributed by atoms with van der Waals surface area (Å²) in [6.07, 6.45) is 9.92. The van der Waals surface area contributed by atoms with Crippen LogP contribution in [0, 0.1) is 12.8 Å². The third-order valence-corrected chi connectivity index (χ3v) is 5.58. The van der Waals surface area contributed by atoms with E-state index in [0.717, 1.165) is 31.0 Å². The summed E-state index contributed by atoms with van der Waals surface area (Å²) in [7, 11) is 0. The molecule has 5 nitrogen and oxygen atoms in total. The molecule has 5 heteroatoms. The van der Waals surface area contributed by atoms with Crippen molar-refractivity contribution in [2.24, 2.45) is 5.92 Å². The summed E-state index contributed by atoms with van der Waals surface area (Å²) in [5.41, 5.74) is 1.40. The number of carbonyl (C=O) groups excluding carboxylic acids is 1. The molecule has 24 heavy (non-hydrogen) atoms. The molecule has 1 amide bonds. The van der Waals surface area contributed by atoms with E-state index in [0.29, 0.717) is 11.3 Å². The fourth-order valence-electron chi connectivity index (χ4n) is 4.28. The first-order valence-corrected chi connectivity index (χ1v) is 9.65. The third-order valence-electron chi connectivity index (χ3n) is 5.58. The second-order valence-electron chi connectivity index (χ2n) is 7.49. The molecule has 1 saturated heterocycles. The van der Waals surface area contributed by atoms with Crippen molar-refractivity contribution in [3.05, 3.63) is 17.0 Å². The maximum absolute atomic E-state index is 12.6. The predicted octanol–water partition coefficient (Wildman–Crippen LogP) is 3.32. The van der Waals surface area contributed by atoms with Crippen LogP contribution in [0.3, 0.4) is 0 Å². The number of rotatable bonds is 5. The van der Waals surface area contributed by atoms with Gasteiger partial charge >= 0.3 is 0 Å². The Bertz CT molecular complexity index is 549. The lowest BCUT2D eigenvalue weighted by atomic mass is 9.88. The van der Waals surface area contributed by atoms with Crippen molar-refractivity contribution in [2.75, 3.05) is 19.6 Å². The van der Waals surface area contributed by atoms with Crippen LogP contribution < -0.4 is 5.32 Å². The van der Waals surface area contributed by atoms with Crippen LogP contribution in [0.5, 0.6) is 0 Å². The second kappa shape index (κ2) is 8.15. The first-order valence-electron chi connectivity index (χ1n) is 9.65. The molecule has 1 saturated carbocycles. The van der Waals surface area contributed by atoms with E-state index in [2.05, 4.69) is 15.4 Å². The smallest absolute Gasteiger partial charge is 0.257 e. The van der Waals surface area contributed by atoms with Crippen LogP contribution in [0.4, 0.5) is 0 Å². The lowest BCUT2D eigenvalue weighted by Gasteiger charge is -2.36. The number of piperidine rings is 1. The molecular weight excluding hydrogens is 302 g/mol. The van der Waals surface area contributed by atoms with Crippen molar-refractivity contribution in [2.45, 2.75) is 71.3 Å². The van der Waals surface area contributed by atoms with E-state index in [1.165, 1.54) is 51.6 Å². The molecule has 1 aromatic rings. The van der Waals surface area contributed by atoms with Crippen LogP contribution in [0.15, 0.2) is 4.52 Å². The van der Waals surface area contributed by atoms with Gasteiger partial charge in [-0.05, 0) is 51.5 Å². The molecule has 2 fully saturated rings. The molecule has 2 heterocycles. The summed E-state index contributed by atoms with van der Waals surface area (Å²) in [6, 6.07) is 0.244. The average molecular weight is 333 g/mol. The van der Waals surface area contributed by atoms with E-state index in [1.807, 2.05) is 13.8 Å². The Morgan fingerprint density at radius 1 is 1.25 bits per heavy atom. The van der Waals surface area contributed by atoms with Crippen LogP contribution >= 0.6 is 0 Å².